The summed E-state index contributed by atoms with van der Waals surface area (Å²) >= 11 is 0. The van der Waals surface area contributed by atoms with Crippen molar-refractivity contribution in [1.82, 2.24) is 4.98 Å². The van der Waals surface area contributed by atoms with E-state index in [9.17, 15) is 0 Å². The zero-order valence-corrected chi connectivity index (χ0v) is 5.83. The quantitative estimate of drug-likeness (QED) is 0.512. The molecule has 11 heavy (non-hydrogen) atoms. The van der Waals surface area contributed by atoms with Crippen molar-refractivity contribution in [3.05, 3.63) is 24.2 Å². The normalized spacial score (nSPS) is 13.8. The van der Waals surface area contributed by atoms with Gasteiger partial charge in [0.1, 0.15) is 5.82 Å². The van der Waals surface area contributed by atoms with Crippen LogP contribution in [0.5, 0.6) is 0 Å². The SMILES string of the molecule is Nc1[nH]cc2c1NC=CN=C2. The van der Waals surface area contributed by atoms with E-state index in [1.54, 1.807) is 18.6 Å². The van der Waals surface area contributed by atoms with Crippen LogP contribution in [0.4, 0.5) is 11.5 Å². The Bertz CT molecular complexity index is 321. The van der Waals surface area contributed by atoms with E-state index in [2.05, 4.69) is 15.3 Å². The van der Waals surface area contributed by atoms with Crippen LogP contribution in [0.1, 0.15) is 5.56 Å². The van der Waals surface area contributed by atoms with Gasteiger partial charge >= 0.3 is 0 Å². The highest BCUT2D eigenvalue weighted by atomic mass is 15.0. The van der Waals surface area contributed by atoms with Crippen molar-refractivity contribution < 1.29 is 0 Å². The van der Waals surface area contributed by atoms with Crippen molar-refractivity contribution in [3.8, 4) is 0 Å². The van der Waals surface area contributed by atoms with E-state index in [1.165, 1.54) is 0 Å². The second kappa shape index (κ2) is 2.16. The van der Waals surface area contributed by atoms with E-state index in [-0.39, 0.29) is 0 Å². The predicted molar refractivity (Wildman–Crippen MR) is 45.6 cm³/mol. The van der Waals surface area contributed by atoms with Crippen molar-refractivity contribution in [2.45, 2.75) is 0 Å². The molecule has 1 aliphatic heterocycles. The highest BCUT2D eigenvalue weighted by molar-refractivity contribution is 5.93. The maximum Gasteiger partial charge on any atom is 0.125 e. The van der Waals surface area contributed by atoms with Crippen LogP contribution in [0.15, 0.2) is 23.6 Å². The lowest BCUT2D eigenvalue weighted by Crippen LogP contribution is -1.93. The monoisotopic (exact) mass is 148 g/mol. The summed E-state index contributed by atoms with van der Waals surface area (Å²) in [6.07, 6.45) is 6.98. The second-order valence-corrected chi connectivity index (χ2v) is 2.27. The summed E-state index contributed by atoms with van der Waals surface area (Å²) in [4.78, 5) is 6.88. The summed E-state index contributed by atoms with van der Waals surface area (Å²) < 4.78 is 0. The fourth-order valence-corrected chi connectivity index (χ4v) is 1.01. The summed E-state index contributed by atoms with van der Waals surface area (Å²) in [7, 11) is 0. The summed E-state index contributed by atoms with van der Waals surface area (Å²) in [5, 5.41) is 3.01. The Kier molecular flexibility index (Phi) is 1.18. The topological polar surface area (TPSA) is 66.2 Å². The number of hydrogen-bond acceptors (Lipinski definition) is 3. The molecule has 0 radical (unpaired) electrons. The Morgan fingerprint density at radius 2 is 2.36 bits per heavy atom. The maximum atomic E-state index is 5.62. The molecule has 2 heterocycles. The van der Waals surface area contributed by atoms with Gasteiger partial charge in [-0.3, -0.25) is 4.99 Å². The lowest BCUT2D eigenvalue weighted by Gasteiger charge is -1.97. The molecule has 0 aliphatic carbocycles. The van der Waals surface area contributed by atoms with Gasteiger partial charge in [-0.25, -0.2) is 0 Å². The van der Waals surface area contributed by atoms with Crippen LogP contribution in [-0.4, -0.2) is 11.2 Å². The summed E-state index contributed by atoms with van der Waals surface area (Å²) in [5.41, 5.74) is 7.49. The number of fused-ring (bicyclic) bond motifs is 1. The van der Waals surface area contributed by atoms with Gasteiger partial charge in [0, 0.05) is 30.4 Å². The minimum atomic E-state index is 0.637. The first-order valence-corrected chi connectivity index (χ1v) is 3.29. The van der Waals surface area contributed by atoms with Crippen LogP contribution in [0.2, 0.25) is 0 Å². The predicted octanol–water partition coefficient (Wildman–Crippen LogP) is 0.912. The number of rotatable bonds is 0. The Hall–Kier alpha value is -1.71. The average molecular weight is 148 g/mol. The Balaban J connectivity index is 2.55. The molecule has 0 saturated heterocycles. The molecule has 4 heteroatoms. The first-order chi connectivity index (χ1) is 5.38. The van der Waals surface area contributed by atoms with Gasteiger partial charge in [-0.15, -0.1) is 0 Å². The van der Waals surface area contributed by atoms with E-state index < -0.39 is 0 Å². The summed E-state index contributed by atoms with van der Waals surface area (Å²) in [6, 6.07) is 0. The lowest BCUT2D eigenvalue weighted by atomic mass is 10.3. The van der Waals surface area contributed by atoms with E-state index in [0.717, 1.165) is 11.3 Å². The molecule has 1 aromatic heterocycles. The van der Waals surface area contributed by atoms with Gasteiger partial charge in [0.25, 0.3) is 0 Å². The maximum absolute atomic E-state index is 5.62. The molecule has 0 bridgehead atoms. The number of aromatic amines is 1. The van der Waals surface area contributed by atoms with E-state index in [0.29, 0.717) is 5.82 Å². The van der Waals surface area contributed by atoms with Crippen molar-refractivity contribution >= 4 is 17.7 Å². The average Bonchev–Trinajstić information content (AvgIpc) is 2.25. The van der Waals surface area contributed by atoms with Crippen LogP contribution >= 0.6 is 0 Å². The van der Waals surface area contributed by atoms with Gasteiger partial charge in [-0.1, -0.05) is 0 Å². The number of aliphatic imine (C=N–C) groups is 1. The van der Waals surface area contributed by atoms with Crippen LogP contribution in [-0.2, 0) is 0 Å². The number of anilines is 2. The minimum Gasteiger partial charge on any atom is -0.384 e. The third-order valence-electron chi connectivity index (χ3n) is 1.54. The highest BCUT2D eigenvalue weighted by Crippen LogP contribution is 2.22. The third kappa shape index (κ3) is 0.881. The van der Waals surface area contributed by atoms with Gasteiger partial charge in [0.05, 0.1) is 5.69 Å². The molecule has 0 amide bonds. The minimum absolute atomic E-state index is 0.637. The molecule has 4 nitrogen and oxygen atoms in total. The smallest absolute Gasteiger partial charge is 0.125 e. The van der Waals surface area contributed by atoms with Crippen LogP contribution in [0.25, 0.3) is 0 Å². The van der Waals surface area contributed by atoms with Gasteiger partial charge < -0.3 is 16.0 Å². The molecule has 2 rings (SSSR count). The molecule has 0 unspecified atom stereocenters. The summed E-state index contributed by atoms with van der Waals surface area (Å²) in [6.45, 7) is 0. The van der Waals surface area contributed by atoms with E-state index in [4.69, 9.17) is 5.73 Å². The Labute approximate surface area is 63.8 Å². The van der Waals surface area contributed by atoms with Crippen LogP contribution in [0, 0.1) is 0 Å². The number of nitrogens with zero attached hydrogens (tertiary/aromatic N) is 1. The standard InChI is InChI=1S/C7H8N4/c8-7-6-5(4-11-7)3-9-1-2-10-6/h1-4,10-11H,8H2. The molecule has 4 N–H and O–H groups in total. The number of hydrogen-bond donors (Lipinski definition) is 3. The van der Waals surface area contributed by atoms with Crippen LogP contribution in [0.3, 0.4) is 0 Å². The number of nitrogen functional groups attached to an aromatic ring is 1. The van der Waals surface area contributed by atoms with Gasteiger partial charge in [-0.2, -0.15) is 0 Å². The number of aromatic nitrogens is 1. The number of nitrogens with two attached hydrogens (primary N) is 1. The van der Waals surface area contributed by atoms with Crippen molar-refractivity contribution in [3.63, 3.8) is 0 Å². The molecule has 1 aliphatic rings. The molecular weight excluding hydrogens is 140 g/mol. The summed E-state index contributed by atoms with van der Waals surface area (Å²) in [5.74, 6) is 0.637. The third-order valence-corrected chi connectivity index (χ3v) is 1.54. The molecular formula is C7H8N4. The second-order valence-electron chi connectivity index (χ2n) is 2.27. The number of nitrogens with one attached hydrogen (secondary N) is 2. The molecule has 0 aromatic carbocycles. The lowest BCUT2D eigenvalue weighted by molar-refractivity contribution is 1.41. The molecule has 0 spiro atoms. The van der Waals surface area contributed by atoms with Gasteiger partial charge in [-0.05, 0) is 0 Å². The molecule has 56 valence electrons. The Morgan fingerprint density at radius 3 is 3.27 bits per heavy atom. The first kappa shape index (κ1) is 6.03. The number of H-pyrrole nitrogens is 1. The van der Waals surface area contributed by atoms with Gasteiger partial charge in [0.15, 0.2) is 0 Å². The Morgan fingerprint density at radius 1 is 1.45 bits per heavy atom. The van der Waals surface area contributed by atoms with Crippen molar-refractivity contribution in [1.29, 1.82) is 0 Å². The van der Waals surface area contributed by atoms with E-state index >= 15 is 0 Å². The molecule has 0 atom stereocenters. The van der Waals surface area contributed by atoms with Crippen molar-refractivity contribution in [2.24, 2.45) is 4.99 Å². The fourth-order valence-electron chi connectivity index (χ4n) is 1.01. The first-order valence-electron chi connectivity index (χ1n) is 3.29. The van der Waals surface area contributed by atoms with E-state index in [1.807, 2.05) is 6.20 Å². The zero-order chi connectivity index (χ0) is 7.68. The fraction of sp³-hybridized carbons (Fsp3) is 0. The van der Waals surface area contributed by atoms with Crippen molar-refractivity contribution in [2.75, 3.05) is 11.1 Å². The van der Waals surface area contributed by atoms with Crippen LogP contribution < -0.4 is 11.1 Å². The van der Waals surface area contributed by atoms with Gasteiger partial charge in [0.2, 0.25) is 0 Å². The zero-order valence-electron chi connectivity index (χ0n) is 5.83. The molecule has 1 aromatic rings. The molecule has 0 saturated carbocycles. The highest BCUT2D eigenvalue weighted by Gasteiger charge is 2.05. The largest absolute Gasteiger partial charge is 0.384 e. The molecule has 0 fully saturated rings.